The fraction of sp³-hybridized carbons (Fsp3) is 0.0714. The number of ether oxygens (including phenoxy) is 1. The van der Waals surface area contributed by atoms with Crippen LogP contribution in [0.1, 0.15) is 17.3 Å². The lowest BCUT2D eigenvalue weighted by Crippen LogP contribution is -1.97. The predicted molar refractivity (Wildman–Crippen MR) is 69.5 cm³/mol. The van der Waals surface area contributed by atoms with Gasteiger partial charge in [0.1, 0.15) is 5.75 Å². The Morgan fingerprint density at radius 1 is 1.19 bits per heavy atom. The summed E-state index contributed by atoms with van der Waals surface area (Å²) in [5.74, 6) is -2.88. The highest BCUT2D eigenvalue weighted by atomic mass is 19.1. The first-order valence-electron chi connectivity index (χ1n) is 5.81. The molecule has 0 aliphatic carbocycles. The van der Waals surface area contributed by atoms with Gasteiger partial charge in [0, 0.05) is 11.6 Å². The number of nitro benzene ring substituents is 1. The maximum atomic E-state index is 13.7. The van der Waals surface area contributed by atoms with Gasteiger partial charge in [0.15, 0.2) is 17.3 Å². The van der Waals surface area contributed by atoms with Gasteiger partial charge in [0.25, 0.3) is 0 Å². The number of carbonyl (C=O) groups is 1. The lowest BCUT2D eigenvalue weighted by atomic mass is 10.1. The van der Waals surface area contributed by atoms with E-state index in [1.807, 2.05) is 0 Å². The van der Waals surface area contributed by atoms with Crippen molar-refractivity contribution in [3.8, 4) is 11.5 Å². The maximum absolute atomic E-state index is 13.7. The van der Waals surface area contributed by atoms with Crippen LogP contribution in [0, 0.1) is 21.7 Å². The molecule has 0 spiro atoms. The number of rotatable bonds is 4. The Balaban J connectivity index is 2.36. The molecule has 0 amide bonds. The molecule has 0 unspecified atom stereocenters. The molecular weight excluding hydrogens is 284 g/mol. The van der Waals surface area contributed by atoms with Gasteiger partial charge < -0.3 is 4.74 Å². The molecule has 0 aliphatic rings. The molecule has 0 saturated heterocycles. The largest absolute Gasteiger partial charge is 0.454 e. The van der Waals surface area contributed by atoms with Crippen LogP contribution in [0.15, 0.2) is 36.4 Å². The van der Waals surface area contributed by atoms with E-state index in [2.05, 4.69) is 0 Å². The summed E-state index contributed by atoms with van der Waals surface area (Å²) in [6, 6.07) is 6.91. The Morgan fingerprint density at radius 3 is 2.52 bits per heavy atom. The lowest BCUT2D eigenvalue weighted by molar-refractivity contribution is -0.387. The zero-order valence-electron chi connectivity index (χ0n) is 10.8. The van der Waals surface area contributed by atoms with Crippen LogP contribution >= 0.6 is 0 Å². The van der Waals surface area contributed by atoms with Gasteiger partial charge in [-0.1, -0.05) is 12.1 Å². The van der Waals surface area contributed by atoms with Gasteiger partial charge in [-0.05, 0) is 19.1 Å². The summed E-state index contributed by atoms with van der Waals surface area (Å²) in [4.78, 5) is 20.7. The van der Waals surface area contributed by atoms with E-state index in [-0.39, 0.29) is 11.5 Å². The topological polar surface area (TPSA) is 69.4 Å². The predicted octanol–water partition coefficient (Wildman–Crippen LogP) is 3.87. The number of ketones is 1. The van der Waals surface area contributed by atoms with E-state index in [9.17, 15) is 23.7 Å². The smallest absolute Gasteiger partial charge is 0.307 e. The molecule has 0 bridgehead atoms. The fourth-order valence-electron chi connectivity index (χ4n) is 1.64. The molecule has 0 radical (unpaired) electrons. The molecule has 2 aromatic carbocycles. The number of Topliss-reactive ketones (excluding diaryl/α,β-unsaturated/α-hetero) is 1. The first-order chi connectivity index (χ1) is 9.88. The third-order valence-electron chi connectivity index (χ3n) is 2.67. The maximum Gasteiger partial charge on any atom is 0.307 e. The van der Waals surface area contributed by atoms with E-state index in [1.165, 1.54) is 25.1 Å². The quantitative estimate of drug-likeness (QED) is 0.487. The summed E-state index contributed by atoms with van der Waals surface area (Å²) in [6.45, 7) is 1.35. The SMILES string of the molecule is CC(=O)c1cccc(Oc2cc(F)c([N+](=O)[O-])cc2F)c1. The normalized spacial score (nSPS) is 10.2. The van der Waals surface area contributed by atoms with Crippen molar-refractivity contribution in [2.24, 2.45) is 0 Å². The average molecular weight is 293 g/mol. The minimum atomic E-state index is -1.21. The van der Waals surface area contributed by atoms with Gasteiger partial charge >= 0.3 is 5.69 Å². The van der Waals surface area contributed by atoms with Crippen LogP contribution in [0.3, 0.4) is 0 Å². The van der Waals surface area contributed by atoms with Crippen LogP contribution in [-0.4, -0.2) is 10.7 Å². The van der Waals surface area contributed by atoms with Crippen molar-refractivity contribution in [2.45, 2.75) is 6.92 Å². The molecule has 108 valence electrons. The van der Waals surface area contributed by atoms with Crippen LogP contribution in [0.4, 0.5) is 14.5 Å². The Hall–Kier alpha value is -2.83. The second-order valence-electron chi connectivity index (χ2n) is 4.18. The van der Waals surface area contributed by atoms with Crippen LogP contribution in [0.2, 0.25) is 0 Å². The third kappa shape index (κ3) is 3.19. The van der Waals surface area contributed by atoms with Crippen molar-refractivity contribution < 1.29 is 23.2 Å². The Bertz CT molecular complexity index is 731. The summed E-state index contributed by atoms with van der Waals surface area (Å²) in [7, 11) is 0. The zero-order chi connectivity index (χ0) is 15.6. The number of nitrogens with zero attached hydrogens (tertiary/aromatic N) is 1. The van der Waals surface area contributed by atoms with Gasteiger partial charge in [0.05, 0.1) is 11.0 Å². The molecule has 21 heavy (non-hydrogen) atoms. The number of halogens is 2. The van der Waals surface area contributed by atoms with Crippen molar-refractivity contribution in [1.29, 1.82) is 0 Å². The highest BCUT2D eigenvalue weighted by Gasteiger charge is 2.19. The molecule has 2 rings (SSSR count). The van der Waals surface area contributed by atoms with Crippen LogP contribution in [-0.2, 0) is 0 Å². The van der Waals surface area contributed by atoms with E-state index >= 15 is 0 Å². The summed E-state index contributed by atoms with van der Waals surface area (Å²) in [5, 5.41) is 10.5. The minimum Gasteiger partial charge on any atom is -0.454 e. The molecule has 0 atom stereocenters. The summed E-state index contributed by atoms with van der Waals surface area (Å²) < 4.78 is 32.2. The first kappa shape index (κ1) is 14.6. The average Bonchev–Trinajstić information content (AvgIpc) is 2.42. The van der Waals surface area contributed by atoms with Crippen molar-refractivity contribution in [3.63, 3.8) is 0 Å². The first-order valence-corrected chi connectivity index (χ1v) is 5.81. The summed E-state index contributed by atoms with van der Waals surface area (Å²) in [6.07, 6.45) is 0. The van der Waals surface area contributed by atoms with E-state index < -0.39 is 28.0 Å². The minimum absolute atomic E-state index is 0.120. The van der Waals surface area contributed by atoms with Crippen molar-refractivity contribution in [1.82, 2.24) is 0 Å². The molecule has 0 aliphatic heterocycles. The van der Waals surface area contributed by atoms with Gasteiger partial charge in [-0.15, -0.1) is 0 Å². The molecular formula is C14H9F2NO4. The second kappa shape index (κ2) is 5.66. The van der Waals surface area contributed by atoms with Crippen LogP contribution < -0.4 is 4.74 Å². The Kier molecular flexibility index (Phi) is 3.93. The highest BCUT2D eigenvalue weighted by molar-refractivity contribution is 5.94. The Labute approximate surface area is 117 Å². The van der Waals surface area contributed by atoms with Gasteiger partial charge in [0.2, 0.25) is 5.82 Å². The van der Waals surface area contributed by atoms with E-state index in [1.54, 1.807) is 6.07 Å². The standard InChI is InChI=1S/C14H9F2NO4/c1-8(18)9-3-2-4-10(5-9)21-14-7-11(15)13(17(19)20)6-12(14)16/h2-7H,1H3. The zero-order valence-corrected chi connectivity index (χ0v) is 10.8. The van der Waals surface area contributed by atoms with E-state index in [4.69, 9.17) is 4.74 Å². The van der Waals surface area contributed by atoms with Crippen molar-refractivity contribution in [3.05, 3.63) is 63.7 Å². The molecule has 0 fully saturated rings. The number of carbonyl (C=O) groups excluding carboxylic acids is 1. The molecule has 0 saturated carbocycles. The van der Waals surface area contributed by atoms with E-state index in [0.717, 1.165) is 0 Å². The summed E-state index contributed by atoms with van der Waals surface area (Å²) >= 11 is 0. The molecule has 0 aromatic heterocycles. The van der Waals surface area contributed by atoms with Crippen molar-refractivity contribution >= 4 is 11.5 Å². The number of hydrogen-bond donors (Lipinski definition) is 0. The molecule has 7 heteroatoms. The third-order valence-corrected chi connectivity index (χ3v) is 2.67. The monoisotopic (exact) mass is 293 g/mol. The molecule has 2 aromatic rings. The molecule has 5 nitrogen and oxygen atoms in total. The molecule has 0 N–H and O–H groups in total. The number of nitro groups is 1. The lowest BCUT2D eigenvalue weighted by Gasteiger charge is -2.08. The summed E-state index contributed by atoms with van der Waals surface area (Å²) in [5.41, 5.74) is -0.632. The number of benzene rings is 2. The van der Waals surface area contributed by atoms with E-state index in [0.29, 0.717) is 17.7 Å². The van der Waals surface area contributed by atoms with Gasteiger partial charge in [-0.2, -0.15) is 4.39 Å². The highest BCUT2D eigenvalue weighted by Crippen LogP contribution is 2.30. The van der Waals surface area contributed by atoms with Gasteiger partial charge in [-0.25, -0.2) is 4.39 Å². The van der Waals surface area contributed by atoms with Crippen LogP contribution in [0.5, 0.6) is 11.5 Å². The molecule has 0 heterocycles. The van der Waals surface area contributed by atoms with Gasteiger partial charge in [-0.3, -0.25) is 14.9 Å². The fourth-order valence-corrected chi connectivity index (χ4v) is 1.64. The number of hydrogen-bond acceptors (Lipinski definition) is 4. The van der Waals surface area contributed by atoms with Crippen LogP contribution in [0.25, 0.3) is 0 Å². The Morgan fingerprint density at radius 2 is 1.90 bits per heavy atom. The second-order valence-corrected chi connectivity index (χ2v) is 4.18. The van der Waals surface area contributed by atoms with Crippen molar-refractivity contribution in [2.75, 3.05) is 0 Å².